The van der Waals surface area contributed by atoms with Crippen LogP contribution in [0, 0.1) is 0 Å². The molecular formula is C7H13NO5S. The van der Waals surface area contributed by atoms with Gasteiger partial charge in [-0.1, -0.05) is 0 Å². The van der Waals surface area contributed by atoms with Crippen LogP contribution in [-0.4, -0.2) is 44.5 Å². The summed E-state index contributed by atoms with van der Waals surface area (Å²) in [4.78, 5) is 10.7. The number of nitrogens with one attached hydrogen (secondary N) is 1. The average molecular weight is 223 g/mol. The lowest BCUT2D eigenvalue weighted by Gasteiger charge is -2.09. The van der Waals surface area contributed by atoms with Gasteiger partial charge in [0.25, 0.3) is 0 Å². The van der Waals surface area contributed by atoms with Crippen molar-refractivity contribution in [1.29, 1.82) is 0 Å². The zero-order valence-electron chi connectivity index (χ0n) is 7.76. The van der Waals surface area contributed by atoms with Crippen molar-refractivity contribution in [3.8, 4) is 0 Å². The number of esters is 1. The lowest BCUT2D eigenvalue weighted by molar-refractivity contribution is -0.149. The van der Waals surface area contributed by atoms with E-state index in [0.29, 0.717) is 12.8 Å². The molecule has 0 aromatic heterocycles. The van der Waals surface area contributed by atoms with Gasteiger partial charge in [-0.25, -0.2) is 17.9 Å². The van der Waals surface area contributed by atoms with Gasteiger partial charge in [-0.15, -0.1) is 0 Å². The zero-order chi connectivity index (χ0) is 10.8. The minimum absolute atomic E-state index is 0.328. The number of sulfonamides is 1. The standard InChI is InChI=1S/C7H13NO5S/c1-13-7(10)6(9)4-8-14(11,12)5-2-3-5/h5-6,8-9H,2-4H2,1H3. The first-order valence-electron chi connectivity index (χ1n) is 4.21. The Morgan fingerprint density at radius 3 is 2.64 bits per heavy atom. The third-order valence-corrected chi connectivity index (χ3v) is 3.83. The second-order valence-electron chi connectivity index (χ2n) is 3.13. The predicted octanol–water partition coefficient (Wildman–Crippen LogP) is -1.40. The second kappa shape index (κ2) is 4.24. The van der Waals surface area contributed by atoms with Gasteiger partial charge in [0, 0.05) is 6.54 Å². The van der Waals surface area contributed by atoms with E-state index < -0.39 is 22.1 Å². The number of rotatable bonds is 5. The molecule has 2 N–H and O–H groups in total. The van der Waals surface area contributed by atoms with Crippen LogP contribution < -0.4 is 4.72 Å². The van der Waals surface area contributed by atoms with Crippen LogP contribution in [0.1, 0.15) is 12.8 Å². The molecule has 0 amide bonds. The fraction of sp³-hybridized carbons (Fsp3) is 0.857. The summed E-state index contributed by atoms with van der Waals surface area (Å²) in [7, 11) is -2.22. The van der Waals surface area contributed by atoms with Crippen LogP contribution in [0.2, 0.25) is 0 Å². The normalized spacial score (nSPS) is 19.0. The van der Waals surface area contributed by atoms with E-state index in [4.69, 9.17) is 5.11 Å². The Morgan fingerprint density at radius 2 is 2.21 bits per heavy atom. The van der Waals surface area contributed by atoms with Crippen LogP contribution in [0.4, 0.5) is 0 Å². The van der Waals surface area contributed by atoms with Crippen molar-refractivity contribution in [2.45, 2.75) is 24.2 Å². The van der Waals surface area contributed by atoms with Gasteiger partial charge in [-0.3, -0.25) is 0 Å². The summed E-state index contributed by atoms with van der Waals surface area (Å²) in [5, 5.41) is 8.73. The molecule has 0 bridgehead atoms. The lowest BCUT2D eigenvalue weighted by Crippen LogP contribution is -2.38. The molecule has 1 aliphatic rings. The molecule has 1 unspecified atom stereocenters. The maximum Gasteiger partial charge on any atom is 0.336 e. The van der Waals surface area contributed by atoms with Gasteiger partial charge in [-0.2, -0.15) is 0 Å². The van der Waals surface area contributed by atoms with Crippen LogP contribution in [0.3, 0.4) is 0 Å². The number of aliphatic hydroxyl groups is 1. The SMILES string of the molecule is COC(=O)C(O)CNS(=O)(=O)C1CC1. The molecule has 1 atom stereocenters. The number of carbonyl (C=O) groups excluding carboxylic acids is 1. The number of hydrogen-bond donors (Lipinski definition) is 2. The van der Waals surface area contributed by atoms with Crippen LogP contribution in [0.25, 0.3) is 0 Å². The van der Waals surface area contributed by atoms with Gasteiger partial charge in [0.05, 0.1) is 12.4 Å². The molecule has 1 saturated carbocycles. The van der Waals surface area contributed by atoms with Gasteiger partial charge in [0.1, 0.15) is 0 Å². The van der Waals surface area contributed by atoms with E-state index in [9.17, 15) is 13.2 Å². The van der Waals surface area contributed by atoms with Crippen molar-refractivity contribution in [2.24, 2.45) is 0 Å². The third kappa shape index (κ3) is 2.93. The van der Waals surface area contributed by atoms with E-state index >= 15 is 0 Å². The summed E-state index contributed by atoms with van der Waals surface area (Å²) >= 11 is 0. The highest BCUT2D eigenvalue weighted by Crippen LogP contribution is 2.27. The molecule has 0 aromatic rings. The quantitative estimate of drug-likeness (QED) is 0.559. The third-order valence-electron chi connectivity index (χ3n) is 1.91. The molecule has 0 heterocycles. The topological polar surface area (TPSA) is 92.7 Å². The van der Waals surface area contributed by atoms with E-state index in [0.717, 1.165) is 7.11 Å². The molecule has 0 saturated heterocycles. The molecule has 14 heavy (non-hydrogen) atoms. The van der Waals surface area contributed by atoms with Crippen molar-refractivity contribution in [3.05, 3.63) is 0 Å². The van der Waals surface area contributed by atoms with Crippen molar-refractivity contribution in [3.63, 3.8) is 0 Å². The number of aliphatic hydroxyl groups excluding tert-OH is 1. The summed E-state index contributed by atoms with van der Waals surface area (Å²) in [6.07, 6.45) is -0.152. The highest BCUT2D eigenvalue weighted by molar-refractivity contribution is 7.90. The Labute approximate surface area is 82.3 Å². The van der Waals surface area contributed by atoms with E-state index in [2.05, 4.69) is 9.46 Å². The minimum Gasteiger partial charge on any atom is -0.467 e. The first-order chi connectivity index (χ1) is 6.47. The fourth-order valence-electron chi connectivity index (χ4n) is 0.911. The molecule has 0 spiro atoms. The fourth-order valence-corrected chi connectivity index (χ4v) is 2.29. The summed E-state index contributed by atoms with van der Waals surface area (Å²) in [5.41, 5.74) is 0. The first-order valence-corrected chi connectivity index (χ1v) is 5.76. The summed E-state index contributed by atoms with van der Waals surface area (Å²) in [5.74, 6) is -0.844. The van der Waals surface area contributed by atoms with Gasteiger partial charge in [0.15, 0.2) is 6.10 Å². The van der Waals surface area contributed by atoms with E-state index in [1.165, 1.54) is 0 Å². The molecule has 6 nitrogen and oxygen atoms in total. The van der Waals surface area contributed by atoms with Crippen molar-refractivity contribution < 1.29 is 23.1 Å². The van der Waals surface area contributed by atoms with Gasteiger partial charge < -0.3 is 9.84 Å². The average Bonchev–Trinajstić information content (AvgIpc) is 2.96. The minimum atomic E-state index is -3.34. The zero-order valence-corrected chi connectivity index (χ0v) is 8.58. The predicted molar refractivity (Wildman–Crippen MR) is 48.0 cm³/mol. The Kier molecular flexibility index (Phi) is 3.46. The number of methoxy groups -OCH3 is 1. The molecule has 0 aromatic carbocycles. The molecule has 0 radical (unpaired) electrons. The van der Waals surface area contributed by atoms with Crippen LogP contribution >= 0.6 is 0 Å². The van der Waals surface area contributed by atoms with Gasteiger partial charge in [-0.05, 0) is 12.8 Å². The second-order valence-corrected chi connectivity index (χ2v) is 5.18. The van der Waals surface area contributed by atoms with Crippen LogP contribution in [0.5, 0.6) is 0 Å². The van der Waals surface area contributed by atoms with Crippen LogP contribution in [-0.2, 0) is 19.6 Å². The number of carbonyl (C=O) groups is 1. The highest BCUT2D eigenvalue weighted by atomic mass is 32.2. The van der Waals surface area contributed by atoms with Crippen molar-refractivity contribution in [1.82, 2.24) is 4.72 Å². The summed E-state index contributed by atoms with van der Waals surface area (Å²) in [6.45, 7) is -0.328. The van der Waals surface area contributed by atoms with Crippen molar-refractivity contribution >= 4 is 16.0 Å². The Morgan fingerprint density at radius 1 is 1.64 bits per heavy atom. The van der Waals surface area contributed by atoms with E-state index in [1.54, 1.807) is 0 Å². The number of hydrogen-bond acceptors (Lipinski definition) is 5. The highest BCUT2D eigenvalue weighted by Gasteiger charge is 2.36. The van der Waals surface area contributed by atoms with Crippen molar-refractivity contribution in [2.75, 3.05) is 13.7 Å². The Balaban J connectivity index is 2.36. The molecule has 0 aliphatic heterocycles. The molecular weight excluding hydrogens is 210 g/mol. The largest absolute Gasteiger partial charge is 0.467 e. The van der Waals surface area contributed by atoms with Gasteiger partial charge in [0.2, 0.25) is 10.0 Å². The van der Waals surface area contributed by atoms with Crippen LogP contribution in [0.15, 0.2) is 0 Å². The summed E-state index contributed by atoms with van der Waals surface area (Å²) < 4.78 is 28.9. The monoisotopic (exact) mass is 223 g/mol. The molecule has 1 aliphatic carbocycles. The smallest absolute Gasteiger partial charge is 0.336 e. The first kappa shape index (κ1) is 11.4. The maximum atomic E-state index is 11.2. The van der Waals surface area contributed by atoms with E-state index in [-0.39, 0.29) is 11.8 Å². The molecule has 1 fully saturated rings. The number of ether oxygens (including phenoxy) is 1. The molecule has 1 rings (SSSR count). The Bertz CT molecular complexity index is 308. The van der Waals surface area contributed by atoms with Gasteiger partial charge >= 0.3 is 5.97 Å². The Hall–Kier alpha value is -0.660. The maximum absolute atomic E-state index is 11.2. The molecule has 82 valence electrons. The van der Waals surface area contributed by atoms with E-state index in [1.807, 2.05) is 0 Å². The molecule has 7 heteroatoms. The summed E-state index contributed by atoms with van der Waals surface area (Å²) in [6, 6.07) is 0. The lowest BCUT2D eigenvalue weighted by atomic mass is 10.4.